The van der Waals surface area contributed by atoms with E-state index in [2.05, 4.69) is 145 Å². The first kappa shape index (κ1) is 25.7. The Morgan fingerprint density at radius 1 is 0.404 bits per heavy atom. The van der Waals surface area contributed by atoms with Crippen LogP contribution in [0.4, 0.5) is 0 Å². The van der Waals surface area contributed by atoms with Crippen LogP contribution >= 0.6 is 22.7 Å². The van der Waals surface area contributed by atoms with Gasteiger partial charge < -0.3 is 4.42 Å². The molecular weight excluding hydrogens is 609 g/mol. The predicted octanol–water partition coefficient (Wildman–Crippen LogP) is 14.0. The maximum Gasteiger partial charge on any atom is 0.136 e. The second-order valence-electron chi connectivity index (χ2n) is 12.3. The molecule has 3 heterocycles. The van der Waals surface area contributed by atoms with Crippen molar-refractivity contribution < 1.29 is 4.42 Å². The molecule has 0 amide bonds. The number of hydrogen-bond donors (Lipinski definition) is 0. The molecule has 0 unspecified atom stereocenters. The van der Waals surface area contributed by atoms with Crippen molar-refractivity contribution in [3.63, 3.8) is 0 Å². The van der Waals surface area contributed by atoms with Crippen LogP contribution in [0.25, 0.3) is 107 Å². The zero-order valence-corrected chi connectivity index (χ0v) is 26.7. The van der Waals surface area contributed by atoms with E-state index in [-0.39, 0.29) is 0 Å². The fourth-order valence-corrected chi connectivity index (χ4v) is 10.1. The van der Waals surface area contributed by atoms with Gasteiger partial charge in [0.25, 0.3) is 0 Å². The molecule has 0 aliphatic heterocycles. The van der Waals surface area contributed by atoms with Crippen molar-refractivity contribution in [2.24, 2.45) is 0 Å². The van der Waals surface area contributed by atoms with Gasteiger partial charge in [0.15, 0.2) is 0 Å². The van der Waals surface area contributed by atoms with Gasteiger partial charge in [-0.2, -0.15) is 0 Å². The van der Waals surface area contributed by atoms with Gasteiger partial charge in [-0.15, -0.1) is 22.7 Å². The number of thiophene rings is 2. The van der Waals surface area contributed by atoms with Crippen molar-refractivity contribution in [2.45, 2.75) is 0 Å². The summed E-state index contributed by atoms with van der Waals surface area (Å²) >= 11 is 3.74. The van der Waals surface area contributed by atoms with E-state index in [9.17, 15) is 0 Å². The molecule has 11 rings (SSSR count). The quantitative estimate of drug-likeness (QED) is 0.173. The van der Waals surface area contributed by atoms with E-state index in [4.69, 9.17) is 4.42 Å². The van der Waals surface area contributed by atoms with Crippen molar-refractivity contribution in [1.82, 2.24) is 0 Å². The lowest BCUT2D eigenvalue weighted by molar-refractivity contribution is 0.669. The number of rotatable bonds is 2. The fraction of sp³-hybridized carbons (Fsp3) is 0. The predicted molar refractivity (Wildman–Crippen MR) is 205 cm³/mol. The van der Waals surface area contributed by atoms with Crippen LogP contribution < -0.4 is 0 Å². The van der Waals surface area contributed by atoms with Crippen molar-refractivity contribution in [3.05, 3.63) is 145 Å². The number of para-hydroxylation sites is 1. The Hall–Kier alpha value is -5.48. The Labute approximate surface area is 277 Å². The van der Waals surface area contributed by atoms with Crippen LogP contribution in [0, 0.1) is 0 Å². The molecule has 0 atom stereocenters. The molecule has 11 aromatic rings. The Morgan fingerprint density at radius 2 is 1.04 bits per heavy atom. The van der Waals surface area contributed by atoms with Gasteiger partial charge in [0.05, 0.1) is 0 Å². The topological polar surface area (TPSA) is 13.1 Å². The Balaban J connectivity index is 1.34. The van der Waals surface area contributed by atoms with E-state index in [0.717, 1.165) is 16.6 Å². The first-order valence-electron chi connectivity index (χ1n) is 15.9. The third-order valence-electron chi connectivity index (χ3n) is 9.93. The summed E-state index contributed by atoms with van der Waals surface area (Å²) in [7, 11) is 0. The summed E-state index contributed by atoms with van der Waals surface area (Å²) in [6.45, 7) is 0. The molecule has 0 aliphatic rings. The lowest BCUT2D eigenvalue weighted by Gasteiger charge is -2.20. The van der Waals surface area contributed by atoms with E-state index in [1.54, 1.807) is 0 Å². The fourth-order valence-electron chi connectivity index (χ4n) is 8.04. The van der Waals surface area contributed by atoms with Crippen molar-refractivity contribution >= 4 is 107 Å². The standard InChI is InChI=1S/C44H24OS2/c1-2-11-26-25(10-1)24-36-42(31-16-7-8-19-35(31)45-36)43(26)41-29-14-5-3-12-27(29)39(28-13-4-6-15-30(28)41)33-17-9-18-34-40-32-22-23-46-37(32)20-21-38(40)47-44(33)34/h1-24H. The monoisotopic (exact) mass is 632 g/mol. The molecule has 0 N–H and O–H groups in total. The van der Waals surface area contributed by atoms with E-state index in [1.807, 2.05) is 22.7 Å². The first-order valence-corrected chi connectivity index (χ1v) is 17.6. The van der Waals surface area contributed by atoms with Gasteiger partial charge >= 0.3 is 0 Å². The van der Waals surface area contributed by atoms with Crippen LogP contribution in [0.15, 0.2) is 149 Å². The minimum absolute atomic E-state index is 0.917. The summed E-state index contributed by atoms with van der Waals surface area (Å²) < 4.78 is 10.6. The molecule has 0 radical (unpaired) electrons. The second kappa shape index (κ2) is 9.52. The van der Waals surface area contributed by atoms with Crippen molar-refractivity contribution in [1.29, 1.82) is 0 Å². The third kappa shape index (κ3) is 3.48. The molecule has 0 bridgehead atoms. The van der Waals surface area contributed by atoms with E-state index in [0.29, 0.717) is 0 Å². The normalized spacial score (nSPS) is 12.3. The molecule has 3 aromatic heterocycles. The minimum Gasteiger partial charge on any atom is -0.456 e. The minimum atomic E-state index is 0.917. The molecule has 1 nitrogen and oxygen atoms in total. The van der Waals surface area contributed by atoms with Gasteiger partial charge in [0, 0.05) is 52.2 Å². The molecule has 0 fully saturated rings. The number of furan rings is 1. The summed E-state index contributed by atoms with van der Waals surface area (Å²) in [6.07, 6.45) is 0. The molecule has 3 heteroatoms. The molecule has 0 saturated heterocycles. The van der Waals surface area contributed by atoms with Crippen molar-refractivity contribution in [3.8, 4) is 22.3 Å². The van der Waals surface area contributed by atoms with Gasteiger partial charge in [-0.05, 0) is 79.2 Å². The summed E-state index contributed by atoms with van der Waals surface area (Å²) in [5.41, 5.74) is 6.93. The highest BCUT2D eigenvalue weighted by Crippen LogP contribution is 2.51. The zero-order chi connectivity index (χ0) is 30.6. The summed E-state index contributed by atoms with van der Waals surface area (Å²) in [5.74, 6) is 0. The Kier molecular flexibility index (Phi) is 5.20. The highest BCUT2D eigenvalue weighted by Gasteiger charge is 2.23. The lowest BCUT2D eigenvalue weighted by Crippen LogP contribution is -1.92. The number of benzene rings is 8. The van der Waals surface area contributed by atoms with Crippen LogP contribution in [-0.2, 0) is 0 Å². The van der Waals surface area contributed by atoms with Crippen LogP contribution in [0.5, 0.6) is 0 Å². The first-order chi connectivity index (χ1) is 23.3. The number of hydrogen-bond acceptors (Lipinski definition) is 3. The van der Waals surface area contributed by atoms with E-state index < -0.39 is 0 Å². The lowest BCUT2D eigenvalue weighted by atomic mass is 9.83. The van der Waals surface area contributed by atoms with Gasteiger partial charge in [-0.3, -0.25) is 0 Å². The summed E-state index contributed by atoms with van der Waals surface area (Å²) in [4.78, 5) is 0. The van der Waals surface area contributed by atoms with Gasteiger partial charge in [-0.25, -0.2) is 0 Å². The zero-order valence-electron chi connectivity index (χ0n) is 25.1. The van der Waals surface area contributed by atoms with Gasteiger partial charge in [-0.1, -0.05) is 109 Å². The van der Waals surface area contributed by atoms with Crippen LogP contribution in [0.2, 0.25) is 0 Å². The molecule has 0 aliphatic carbocycles. The van der Waals surface area contributed by atoms with Crippen LogP contribution in [0.1, 0.15) is 0 Å². The van der Waals surface area contributed by atoms with Crippen molar-refractivity contribution in [2.75, 3.05) is 0 Å². The number of fused-ring (bicyclic) bond motifs is 11. The average molecular weight is 633 g/mol. The summed E-state index contributed by atoms with van der Waals surface area (Å²) in [6, 6.07) is 51.2. The Bertz CT molecular complexity index is 3020. The average Bonchev–Trinajstić information content (AvgIpc) is 3.85. The SMILES string of the molecule is c1ccc2c(-c3c4ccccc4c(-c4cccc5c4sc4ccc6sccc6c45)c4ccccc34)c3c(cc2c1)oc1ccccc13. The highest BCUT2D eigenvalue weighted by molar-refractivity contribution is 7.26. The maximum absolute atomic E-state index is 6.54. The van der Waals surface area contributed by atoms with Gasteiger partial charge in [0.2, 0.25) is 0 Å². The second-order valence-corrected chi connectivity index (χ2v) is 14.3. The van der Waals surface area contributed by atoms with Gasteiger partial charge in [0.1, 0.15) is 11.2 Å². The van der Waals surface area contributed by atoms with E-state index in [1.165, 1.54) is 90.2 Å². The molecule has 0 spiro atoms. The largest absolute Gasteiger partial charge is 0.456 e. The molecule has 0 saturated carbocycles. The molecular formula is C44H24OS2. The smallest absolute Gasteiger partial charge is 0.136 e. The maximum atomic E-state index is 6.54. The van der Waals surface area contributed by atoms with E-state index >= 15 is 0 Å². The molecule has 8 aromatic carbocycles. The molecule has 47 heavy (non-hydrogen) atoms. The van der Waals surface area contributed by atoms with Crippen LogP contribution in [-0.4, -0.2) is 0 Å². The molecule has 218 valence electrons. The summed E-state index contributed by atoms with van der Waals surface area (Å²) in [5, 5.41) is 16.1. The highest BCUT2D eigenvalue weighted by atomic mass is 32.1. The third-order valence-corrected chi connectivity index (χ3v) is 12.0. The Morgan fingerprint density at radius 3 is 1.83 bits per heavy atom. The van der Waals surface area contributed by atoms with Crippen LogP contribution in [0.3, 0.4) is 0 Å².